The van der Waals surface area contributed by atoms with Crippen molar-refractivity contribution in [3.63, 3.8) is 0 Å². The van der Waals surface area contributed by atoms with E-state index < -0.39 is 0 Å². The normalized spacial score (nSPS) is 23.8. The van der Waals surface area contributed by atoms with Crippen molar-refractivity contribution in [2.45, 2.75) is 45.7 Å². The van der Waals surface area contributed by atoms with Gasteiger partial charge in [0.2, 0.25) is 0 Å². The second kappa shape index (κ2) is 7.65. The van der Waals surface area contributed by atoms with Crippen molar-refractivity contribution in [3.05, 3.63) is 29.8 Å². The Bertz CT molecular complexity index is 390. The van der Waals surface area contributed by atoms with Crippen LogP contribution in [0.4, 0.5) is 0 Å². The molecular formula is C17H28N2O. The van der Waals surface area contributed by atoms with Crippen molar-refractivity contribution in [1.82, 2.24) is 4.90 Å². The standard InChI is InChI=1S/C17H28N2O/c1-3-11-20-16-7-5-14(6-8-16)12-19-10-9-17(18)15(4-2)13-19/h5-8,15,17H,3-4,9-13,18H2,1-2H3. The molecule has 0 aliphatic carbocycles. The SMILES string of the molecule is CCCOc1ccc(CN2CCC(N)C(CC)C2)cc1. The topological polar surface area (TPSA) is 38.5 Å². The predicted octanol–water partition coefficient (Wildman–Crippen LogP) is 3.03. The van der Waals surface area contributed by atoms with Gasteiger partial charge in [-0.15, -0.1) is 0 Å². The first kappa shape index (κ1) is 15.3. The van der Waals surface area contributed by atoms with Crippen LogP contribution in [0.15, 0.2) is 24.3 Å². The van der Waals surface area contributed by atoms with Gasteiger partial charge >= 0.3 is 0 Å². The smallest absolute Gasteiger partial charge is 0.119 e. The molecule has 3 nitrogen and oxygen atoms in total. The summed E-state index contributed by atoms with van der Waals surface area (Å²) in [6.07, 6.45) is 3.35. The van der Waals surface area contributed by atoms with E-state index in [0.717, 1.165) is 44.8 Å². The second-order valence-corrected chi connectivity index (χ2v) is 5.85. The summed E-state index contributed by atoms with van der Waals surface area (Å²) in [4.78, 5) is 2.53. The maximum Gasteiger partial charge on any atom is 0.119 e. The molecule has 0 saturated carbocycles. The van der Waals surface area contributed by atoms with Crippen LogP contribution in [0.5, 0.6) is 5.75 Å². The number of nitrogens with zero attached hydrogens (tertiary/aromatic N) is 1. The van der Waals surface area contributed by atoms with Crippen LogP contribution < -0.4 is 10.5 Å². The Balaban J connectivity index is 1.86. The lowest BCUT2D eigenvalue weighted by Crippen LogP contribution is -2.46. The van der Waals surface area contributed by atoms with E-state index in [1.165, 1.54) is 12.0 Å². The van der Waals surface area contributed by atoms with E-state index in [0.29, 0.717) is 12.0 Å². The van der Waals surface area contributed by atoms with Crippen LogP contribution in [0.2, 0.25) is 0 Å². The van der Waals surface area contributed by atoms with E-state index in [2.05, 4.69) is 43.0 Å². The highest BCUT2D eigenvalue weighted by atomic mass is 16.5. The molecule has 0 radical (unpaired) electrons. The molecule has 1 aromatic rings. The fraction of sp³-hybridized carbons (Fsp3) is 0.647. The predicted molar refractivity (Wildman–Crippen MR) is 83.9 cm³/mol. The Kier molecular flexibility index (Phi) is 5.86. The van der Waals surface area contributed by atoms with E-state index in [4.69, 9.17) is 10.5 Å². The quantitative estimate of drug-likeness (QED) is 0.868. The van der Waals surface area contributed by atoms with Crippen LogP contribution in [-0.2, 0) is 6.54 Å². The van der Waals surface area contributed by atoms with Gasteiger partial charge in [0.25, 0.3) is 0 Å². The molecule has 2 atom stereocenters. The third kappa shape index (κ3) is 4.22. The molecule has 1 aliphatic heterocycles. The Morgan fingerprint density at radius 3 is 2.65 bits per heavy atom. The summed E-state index contributed by atoms with van der Waals surface area (Å²) in [5.74, 6) is 1.62. The van der Waals surface area contributed by atoms with E-state index >= 15 is 0 Å². The van der Waals surface area contributed by atoms with Crippen molar-refractivity contribution < 1.29 is 4.74 Å². The number of likely N-dealkylation sites (tertiary alicyclic amines) is 1. The lowest BCUT2D eigenvalue weighted by atomic mass is 9.90. The monoisotopic (exact) mass is 276 g/mol. The molecule has 1 aliphatic rings. The summed E-state index contributed by atoms with van der Waals surface area (Å²) in [5, 5.41) is 0. The summed E-state index contributed by atoms with van der Waals surface area (Å²) >= 11 is 0. The summed E-state index contributed by atoms with van der Waals surface area (Å²) in [7, 11) is 0. The molecule has 1 heterocycles. The van der Waals surface area contributed by atoms with Crippen LogP contribution in [-0.4, -0.2) is 30.6 Å². The van der Waals surface area contributed by atoms with Gasteiger partial charge in [-0.25, -0.2) is 0 Å². The average molecular weight is 276 g/mol. The van der Waals surface area contributed by atoms with Gasteiger partial charge in [-0.2, -0.15) is 0 Å². The molecule has 1 aromatic carbocycles. The van der Waals surface area contributed by atoms with Crippen molar-refractivity contribution in [3.8, 4) is 5.75 Å². The van der Waals surface area contributed by atoms with Crippen LogP contribution in [0, 0.1) is 5.92 Å². The zero-order valence-corrected chi connectivity index (χ0v) is 12.8. The lowest BCUT2D eigenvalue weighted by Gasteiger charge is -2.36. The van der Waals surface area contributed by atoms with Crippen LogP contribution in [0.3, 0.4) is 0 Å². The Morgan fingerprint density at radius 1 is 1.25 bits per heavy atom. The molecule has 20 heavy (non-hydrogen) atoms. The van der Waals surface area contributed by atoms with Gasteiger partial charge in [-0.05, 0) is 43.0 Å². The molecule has 0 bridgehead atoms. The van der Waals surface area contributed by atoms with Crippen LogP contribution >= 0.6 is 0 Å². The summed E-state index contributed by atoms with van der Waals surface area (Å²) in [6.45, 7) is 8.43. The van der Waals surface area contributed by atoms with E-state index in [-0.39, 0.29) is 0 Å². The molecule has 1 fully saturated rings. The van der Waals surface area contributed by atoms with Crippen molar-refractivity contribution in [2.24, 2.45) is 11.7 Å². The second-order valence-electron chi connectivity index (χ2n) is 5.85. The number of hydrogen-bond donors (Lipinski definition) is 1. The van der Waals surface area contributed by atoms with Crippen molar-refractivity contribution >= 4 is 0 Å². The number of nitrogens with two attached hydrogens (primary N) is 1. The van der Waals surface area contributed by atoms with Gasteiger partial charge in [0.05, 0.1) is 6.61 Å². The number of rotatable bonds is 6. The van der Waals surface area contributed by atoms with Gasteiger partial charge in [0.15, 0.2) is 0 Å². The average Bonchev–Trinajstić information content (AvgIpc) is 2.48. The van der Waals surface area contributed by atoms with E-state index in [1.54, 1.807) is 0 Å². The summed E-state index contributed by atoms with van der Waals surface area (Å²) in [6, 6.07) is 8.91. The molecule has 2 unspecified atom stereocenters. The molecular weight excluding hydrogens is 248 g/mol. The van der Waals surface area contributed by atoms with Crippen LogP contribution in [0.25, 0.3) is 0 Å². The highest BCUT2D eigenvalue weighted by Gasteiger charge is 2.24. The minimum atomic E-state index is 0.390. The van der Waals surface area contributed by atoms with Gasteiger partial charge < -0.3 is 10.5 Å². The number of piperidine rings is 1. The minimum Gasteiger partial charge on any atom is -0.494 e. The highest BCUT2D eigenvalue weighted by Crippen LogP contribution is 2.21. The molecule has 3 heteroatoms. The molecule has 112 valence electrons. The molecule has 2 rings (SSSR count). The number of ether oxygens (including phenoxy) is 1. The third-order valence-electron chi connectivity index (χ3n) is 4.20. The molecule has 0 aromatic heterocycles. The summed E-state index contributed by atoms with van der Waals surface area (Å²) in [5.41, 5.74) is 7.53. The zero-order valence-electron chi connectivity index (χ0n) is 12.8. The van der Waals surface area contributed by atoms with E-state index in [1.807, 2.05) is 0 Å². The fourth-order valence-corrected chi connectivity index (χ4v) is 2.87. The first-order valence-corrected chi connectivity index (χ1v) is 7.92. The van der Waals surface area contributed by atoms with Gasteiger partial charge in [-0.1, -0.05) is 32.4 Å². The first-order chi connectivity index (χ1) is 9.72. The molecule has 2 N–H and O–H groups in total. The van der Waals surface area contributed by atoms with E-state index in [9.17, 15) is 0 Å². The Hall–Kier alpha value is -1.06. The van der Waals surface area contributed by atoms with Crippen molar-refractivity contribution in [1.29, 1.82) is 0 Å². The Labute approximate surface area is 123 Å². The maximum absolute atomic E-state index is 6.17. The summed E-state index contributed by atoms with van der Waals surface area (Å²) < 4.78 is 5.62. The molecule has 0 spiro atoms. The first-order valence-electron chi connectivity index (χ1n) is 7.92. The fourth-order valence-electron chi connectivity index (χ4n) is 2.87. The largest absolute Gasteiger partial charge is 0.494 e. The number of benzene rings is 1. The third-order valence-corrected chi connectivity index (χ3v) is 4.20. The highest BCUT2D eigenvalue weighted by molar-refractivity contribution is 5.27. The Morgan fingerprint density at radius 2 is 2.00 bits per heavy atom. The minimum absolute atomic E-state index is 0.390. The molecule has 0 amide bonds. The van der Waals surface area contributed by atoms with Crippen LogP contribution in [0.1, 0.15) is 38.7 Å². The lowest BCUT2D eigenvalue weighted by molar-refractivity contribution is 0.145. The maximum atomic E-state index is 6.17. The van der Waals surface area contributed by atoms with Gasteiger partial charge in [0.1, 0.15) is 5.75 Å². The van der Waals surface area contributed by atoms with Gasteiger partial charge in [-0.3, -0.25) is 4.90 Å². The van der Waals surface area contributed by atoms with Gasteiger partial charge in [0, 0.05) is 19.1 Å². The van der Waals surface area contributed by atoms with Crippen molar-refractivity contribution in [2.75, 3.05) is 19.7 Å². The zero-order chi connectivity index (χ0) is 14.4. The molecule has 1 saturated heterocycles. The number of hydrogen-bond acceptors (Lipinski definition) is 3.